The molecule has 0 saturated carbocycles. The summed E-state index contributed by atoms with van der Waals surface area (Å²) in [5.74, 6) is -0.160. The van der Waals surface area contributed by atoms with Crippen molar-refractivity contribution in [2.45, 2.75) is 19.4 Å². The summed E-state index contributed by atoms with van der Waals surface area (Å²) in [6.07, 6.45) is 2.99. The molecule has 0 unspecified atom stereocenters. The Balaban J connectivity index is 3.05. The van der Waals surface area contributed by atoms with E-state index in [1.807, 2.05) is 13.8 Å². The van der Waals surface area contributed by atoms with Gasteiger partial charge in [-0.2, -0.15) is 0 Å². The molecule has 0 fully saturated rings. The predicted molar refractivity (Wildman–Crippen MR) is 50.1 cm³/mol. The third kappa shape index (κ3) is 1.90. The summed E-state index contributed by atoms with van der Waals surface area (Å²) in [5.41, 5.74) is -0.465. The van der Waals surface area contributed by atoms with Crippen LogP contribution in [0, 0.1) is 10.1 Å². The van der Waals surface area contributed by atoms with Crippen LogP contribution in [0.3, 0.4) is 0 Å². The summed E-state index contributed by atoms with van der Waals surface area (Å²) in [7, 11) is 1.56. The molecule has 0 aliphatic rings. The molecule has 78 valence electrons. The number of ether oxygens (including phenoxy) is 1. The maximum absolute atomic E-state index is 10.6. The van der Waals surface area contributed by atoms with Crippen LogP contribution in [0.25, 0.3) is 0 Å². The predicted octanol–water partition coefficient (Wildman–Crippen LogP) is 1.17. The van der Waals surface area contributed by atoms with Gasteiger partial charge in [0, 0.05) is 7.11 Å². The van der Waals surface area contributed by atoms with E-state index in [0.717, 1.165) is 0 Å². The van der Waals surface area contributed by atoms with Crippen LogP contribution in [0.15, 0.2) is 12.4 Å². The summed E-state index contributed by atoms with van der Waals surface area (Å²) in [4.78, 5) is 13.8. The second kappa shape index (κ2) is 3.75. The SMILES string of the molecule is COCC(C)(C)n1ccnc1[N+](=O)[O-]. The first-order chi connectivity index (χ1) is 6.49. The van der Waals surface area contributed by atoms with Crippen molar-refractivity contribution in [1.29, 1.82) is 0 Å². The molecule has 1 aromatic rings. The molecule has 0 amide bonds. The zero-order valence-corrected chi connectivity index (χ0v) is 8.43. The second-order valence-corrected chi connectivity index (χ2v) is 3.60. The summed E-state index contributed by atoms with van der Waals surface area (Å²) in [6.45, 7) is 4.10. The van der Waals surface area contributed by atoms with Gasteiger partial charge in [-0.3, -0.25) is 0 Å². The molecule has 0 bridgehead atoms. The van der Waals surface area contributed by atoms with E-state index in [2.05, 4.69) is 4.98 Å². The minimum absolute atomic E-state index is 0.160. The smallest absolute Gasteiger partial charge is 0.390 e. The summed E-state index contributed by atoms with van der Waals surface area (Å²) >= 11 is 0. The second-order valence-electron chi connectivity index (χ2n) is 3.60. The van der Waals surface area contributed by atoms with Crippen LogP contribution >= 0.6 is 0 Å². The van der Waals surface area contributed by atoms with Crippen LogP contribution in [0.1, 0.15) is 13.8 Å². The Morgan fingerprint density at radius 1 is 1.71 bits per heavy atom. The van der Waals surface area contributed by atoms with E-state index in [-0.39, 0.29) is 5.95 Å². The van der Waals surface area contributed by atoms with Gasteiger partial charge in [0.05, 0.1) is 6.61 Å². The monoisotopic (exact) mass is 199 g/mol. The quantitative estimate of drug-likeness (QED) is 0.539. The molecule has 0 aliphatic heterocycles. The normalized spacial score (nSPS) is 11.6. The molecule has 0 aromatic carbocycles. The first-order valence-electron chi connectivity index (χ1n) is 4.16. The molecule has 14 heavy (non-hydrogen) atoms. The van der Waals surface area contributed by atoms with E-state index in [4.69, 9.17) is 4.74 Å². The van der Waals surface area contributed by atoms with Crippen molar-refractivity contribution in [3.8, 4) is 0 Å². The average Bonchev–Trinajstić information content (AvgIpc) is 2.51. The average molecular weight is 199 g/mol. The van der Waals surface area contributed by atoms with E-state index in [0.29, 0.717) is 6.61 Å². The highest BCUT2D eigenvalue weighted by molar-refractivity contribution is 5.10. The van der Waals surface area contributed by atoms with Crippen molar-refractivity contribution in [2.75, 3.05) is 13.7 Å². The summed E-state index contributed by atoms with van der Waals surface area (Å²) in [5, 5.41) is 10.6. The minimum atomic E-state index is -0.503. The fraction of sp³-hybridized carbons (Fsp3) is 0.625. The summed E-state index contributed by atoms with van der Waals surface area (Å²) in [6, 6.07) is 0. The third-order valence-corrected chi connectivity index (χ3v) is 1.93. The van der Waals surface area contributed by atoms with Crippen LogP contribution in [0.5, 0.6) is 0 Å². The van der Waals surface area contributed by atoms with E-state index >= 15 is 0 Å². The Hall–Kier alpha value is -1.43. The first kappa shape index (κ1) is 10.6. The fourth-order valence-corrected chi connectivity index (χ4v) is 1.33. The van der Waals surface area contributed by atoms with Gasteiger partial charge in [0.15, 0.2) is 0 Å². The number of imidazole rings is 1. The van der Waals surface area contributed by atoms with Crippen molar-refractivity contribution in [2.24, 2.45) is 0 Å². The maximum Gasteiger partial charge on any atom is 0.435 e. The lowest BCUT2D eigenvalue weighted by molar-refractivity contribution is -0.398. The molecule has 0 N–H and O–H groups in total. The lowest BCUT2D eigenvalue weighted by Gasteiger charge is -2.22. The van der Waals surface area contributed by atoms with Crippen molar-refractivity contribution < 1.29 is 9.66 Å². The Kier molecular flexibility index (Phi) is 2.85. The Morgan fingerprint density at radius 2 is 2.36 bits per heavy atom. The lowest BCUT2D eigenvalue weighted by atomic mass is 10.1. The van der Waals surface area contributed by atoms with Crippen molar-refractivity contribution in [3.05, 3.63) is 22.5 Å². The van der Waals surface area contributed by atoms with E-state index in [1.165, 1.54) is 10.8 Å². The third-order valence-electron chi connectivity index (χ3n) is 1.93. The van der Waals surface area contributed by atoms with Crippen LogP contribution in [-0.2, 0) is 10.3 Å². The van der Waals surface area contributed by atoms with E-state index < -0.39 is 10.5 Å². The molecular formula is C8H13N3O3. The van der Waals surface area contributed by atoms with Gasteiger partial charge in [0.1, 0.15) is 17.9 Å². The molecular weight excluding hydrogens is 186 g/mol. The van der Waals surface area contributed by atoms with Crippen LogP contribution in [-0.4, -0.2) is 28.2 Å². The zero-order chi connectivity index (χ0) is 10.8. The molecule has 0 aliphatic carbocycles. The van der Waals surface area contributed by atoms with Crippen molar-refractivity contribution in [1.82, 2.24) is 9.55 Å². The highest BCUT2D eigenvalue weighted by Gasteiger charge is 2.29. The Morgan fingerprint density at radius 3 is 2.86 bits per heavy atom. The number of methoxy groups -OCH3 is 1. The van der Waals surface area contributed by atoms with Crippen LogP contribution in [0.2, 0.25) is 0 Å². The minimum Gasteiger partial charge on any atom is -0.390 e. The molecule has 1 rings (SSSR count). The van der Waals surface area contributed by atoms with Crippen LogP contribution < -0.4 is 0 Å². The fourth-order valence-electron chi connectivity index (χ4n) is 1.33. The van der Waals surface area contributed by atoms with Gasteiger partial charge in [0.2, 0.25) is 0 Å². The topological polar surface area (TPSA) is 70.2 Å². The Bertz CT molecular complexity index is 332. The highest BCUT2D eigenvalue weighted by Crippen LogP contribution is 2.21. The van der Waals surface area contributed by atoms with Gasteiger partial charge in [-0.1, -0.05) is 4.98 Å². The molecule has 6 heteroatoms. The maximum atomic E-state index is 10.6. The summed E-state index contributed by atoms with van der Waals surface area (Å²) < 4.78 is 6.49. The van der Waals surface area contributed by atoms with Crippen molar-refractivity contribution >= 4 is 5.95 Å². The first-order valence-corrected chi connectivity index (χ1v) is 4.16. The molecule has 0 atom stereocenters. The Labute approximate surface area is 81.7 Å². The van der Waals surface area contributed by atoms with E-state index in [1.54, 1.807) is 13.3 Å². The molecule has 0 spiro atoms. The largest absolute Gasteiger partial charge is 0.435 e. The van der Waals surface area contributed by atoms with Crippen LogP contribution in [0.4, 0.5) is 5.95 Å². The van der Waals surface area contributed by atoms with Gasteiger partial charge in [-0.05, 0) is 18.8 Å². The number of hydrogen-bond donors (Lipinski definition) is 0. The van der Waals surface area contributed by atoms with E-state index in [9.17, 15) is 10.1 Å². The zero-order valence-electron chi connectivity index (χ0n) is 8.43. The standard InChI is InChI=1S/C8H13N3O3/c1-8(2,6-14-3)10-5-4-9-7(10)11(12)13/h4-5H,6H2,1-3H3. The molecule has 6 nitrogen and oxygen atoms in total. The number of nitro groups is 1. The number of rotatable bonds is 4. The number of aromatic nitrogens is 2. The molecule has 1 heterocycles. The highest BCUT2D eigenvalue weighted by atomic mass is 16.6. The molecule has 0 radical (unpaired) electrons. The van der Waals surface area contributed by atoms with Gasteiger partial charge in [0.25, 0.3) is 0 Å². The number of hydrogen-bond acceptors (Lipinski definition) is 4. The van der Waals surface area contributed by atoms with Gasteiger partial charge in [-0.25, -0.2) is 4.57 Å². The van der Waals surface area contributed by atoms with Crippen molar-refractivity contribution in [3.63, 3.8) is 0 Å². The molecule has 1 aromatic heterocycles. The number of nitrogens with zero attached hydrogens (tertiary/aromatic N) is 3. The van der Waals surface area contributed by atoms with Gasteiger partial charge < -0.3 is 14.9 Å². The lowest BCUT2D eigenvalue weighted by Crippen LogP contribution is -2.31. The molecule has 0 saturated heterocycles. The van der Waals surface area contributed by atoms with Gasteiger partial charge in [-0.15, -0.1) is 0 Å². The van der Waals surface area contributed by atoms with Gasteiger partial charge >= 0.3 is 5.95 Å².